The molecule has 0 bridgehead atoms. The van der Waals surface area contributed by atoms with Gasteiger partial charge in [-0.25, -0.2) is 4.98 Å². The Kier molecular flexibility index (Phi) is 5.72. The minimum atomic E-state index is -0.327. The fraction of sp³-hybridized carbons (Fsp3) is 0. The number of carbonyl (C=O) groups is 1. The van der Waals surface area contributed by atoms with E-state index in [0.29, 0.717) is 27.1 Å². The van der Waals surface area contributed by atoms with Crippen molar-refractivity contribution in [2.45, 2.75) is 0 Å². The number of nitrogens with zero attached hydrogens (tertiary/aromatic N) is 1. The molecule has 0 radical (unpaired) electrons. The normalized spacial score (nSPS) is 11.0. The molecule has 4 aromatic carbocycles. The highest BCUT2D eigenvalue weighted by Gasteiger charge is 2.14. The highest BCUT2D eigenvalue weighted by atomic mass is 35.5. The molecule has 0 saturated heterocycles. The van der Waals surface area contributed by atoms with Crippen molar-refractivity contribution in [1.82, 2.24) is 15.3 Å². The molecule has 5 rings (SSSR count). The van der Waals surface area contributed by atoms with E-state index in [1.165, 1.54) is 0 Å². The lowest BCUT2D eigenvalue weighted by molar-refractivity contribution is 0.0979. The average Bonchev–Trinajstić information content (AvgIpc) is 3.24. The van der Waals surface area contributed by atoms with E-state index in [0.717, 1.165) is 27.4 Å². The second-order valence-corrected chi connectivity index (χ2v) is 8.57. The number of H-pyrrole nitrogens is 1. The van der Waals surface area contributed by atoms with E-state index in [2.05, 4.69) is 20.6 Å². The predicted molar refractivity (Wildman–Crippen MR) is 139 cm³/mol. The number of imidazole rings is 1. The second-order valence-electron chi connectivity index (χ2n) is 7.35. The number of hydrogen-bond acceptors (Lipinski definition) is 3. The number of carbonyl (C=O) groups excluding carboxylic acids is 1. The van der Waals surface area contributed by atoms with Crippen LogP contribution >= 0.6 is 35.4 Å². The number of anilines is 1. The molecule has 1 aromatic heterocycles. The zero-order valence-electron chi connectivity index (χ0n) is 17.0. The van der Waals surface area contributed by atoms with E-state index in [1.54, 1.807) is 30.3 Å². The fourth-order valence-electron chi connectivity index (χ4n) is 3.67. The Morgan fingerprint density at radius 2 is 1.67 bits per heavy atom. The van der Waals surface area contributed by atoms with E-state index in [-0.39, 0.29) is 11.0 Å². The number of benzene rings is 4. The van der Waals surface area contributed by atoms with Crippen LogP contribution in [-0.2, 0) is 0 Å². The minimum Gasteiger partial charge on any atom is -0.338 e. The smallest absolute Gasteiger partial charge is 0.258 e. The SMILES string of the molecule is O=C(NC(=S)Nc1ccc(Cl)c(-c2nc3ccccc3[nH]2)c1)c1cccc2c(Cl)cccc12. The topological polar surface area (TPSA) is 69.8 Å². The van der Waals surface area contributed by atoms with Crippen molar-refractivity contribution < 1.29 is 4.79 Å². The van der Waals surface area contributed by atoms with Crippen LogP contribution in [0.5, 0.6) is 0 Å². The van der Waals surface area contributed by atoms with Crippen LogP contribution in [0.4, 0.5) is 5.69 Å². The number of amides is 1. The summed E-state index contributed by atoms with van der Waals surface area (Å²) in [6.45, 7) is 0. The lowest BCUT2D eigenvalue weighted by Gasteiger charge is -2.12. The van der Waals surface area contributed by atoms with Crippen LogP contribution in [0, 0.1) is 0 Å². The fourth-order valence-corrected chi connectivity index (χ4v) is 4.32. The van der Waals surface area contributed by atoms with Crippen molar-refractivity contribution in [3.63, 3.8) is 0 Å². The lowest BCUT2D eigenvalue weighted by Crippen LogP contribution is -2.34. The number of nitrogens with one attached hydrogen (secondary N) is 3. The Hall–Kier alpha value is -3.45. The van der Waals surface area contributed by atoms with Gasteiger partial charge >= 0.3 is 0 Å². The molecule has 33 heavy (non-hydrogen) atoms. The first-order chi connectivity index (χ1) is 16.0. The molecule has 5 aromatic rings. The Labute approximate surface area is 204 Å². The van der Waals surface area contributed by atoms with Gasteiger partial charge in [-0.3, -0.25) is 10.1 Å². The summed E-state index contributed by atoms with van der Waals surface area (Å²) < 4.78 is 0. The summed E-state index contributed by atoms with van der Waals surface area (Å²) >= 11 is 18.1. The maximum Gasteiger partial charge on any atom is 0.258 e. The molecule has 3 N–H and O–H groups in total. The van der Waals surface area contributed by atoms with E-state index in [9.17, 15) is 4.79 Å². The van der Waals surface area contributed by atoms with Gasteiger partial charge in [-0.1, -0.05) is 59.6 Å². The molecule has 0 spiro atoms. The highest BCUT2D eigenvalue weighted by Crippen LogP contribution is 2.30. The summed E-state index contributed by atoms with van der Waals surface area (Å²) in [5, 5.41) is 8.63. The third kappa shape index (κ3) is 4.28. The van der Waals surface area contributed by atoms with Crippen LogP contribution < -0.4 is 10.6 Å². The number of hydrogen-bond donors (Lipinski definition) is 3. The third-order valence-electron chi connectivity index (χ3n) is 5.21. The number of halogens is 2. The van der Waals surface area contributed by atoms with Gasteiger partial charge in [0.25, 0.3) is 5.91 Å². The van der Waals surface area contributed by atoms with Gasteiger partial charge < -0.3 is 10.3 Å². The number of aromatic amines is 1. The summed E-state index contributed by atoms with van der Waals surface area (Å²) in [4.78, 5) is 20.8. The average molecular weight is 491 g/mol. The standard InChI is InChI=1S/C25H16Cl2N4OS/c26-19-8-4-5-15-16(19)6-3-7-17(15)24(32)31-25(33)28-14-11-12-20(27)18(13-14)23-29-21-9-1-2-10-22(21)30-23/h1-13H,(H,29,30)(H2,28,31,32,33). The first-order valence-electron chi connectivity index (χ1n) is 10.0. The van der Waals surface area contributed by atoms with Crippen molar-refractivity contribution in [2.75, 3.05) is 5.32 Å². The van der Waals surface area contributed by atoms with Crippen molar-refractivity contribution in [2.24, 2.45) is 0 Å². The summed E-state index contributed by atoms with van der Waals surface area (Å²) in [6.07, 6.45) is 0. The maximum absolute atomic E-state index is 12.9. The maximum atomic E-state index is 12.9. The van der Waals surface area contributed by atoms with Crippen LogP contribution in [0.25, 0.3) is 33.2 Å². The summed E-state index contributed by atoms with van der Waals surface area (Å²) in [6, 6.07) is 24.0. The quantitative estimate of drug-likeness (QED) is 0.242. The van der Waals surface area contributed by atoms with Gasteiger partial charge in [0, 0.05) is 27.2 Å². The number of fused-ring (bicyclic) bond motifs is 2. The molecule has 0 atom stereocenters. The summed E-state index contributed by atoms with van der Waals surface area (Å²) in [5.74, 6) is 0.319. The Morgan fingerprint density at radius 3 is 2.52 bits per heavy atom. The van der Waals surface area contributed by atoms with E-state index in [1.807, 2.05) is 48.5 Å². The highest BCUT2D eigenvalue weighted by molar-refractivity contribution is 7.80. The van der Waals surface area contributed by atoms with Crippen molar-refractivity contribution in [3.8, 4) is 11.4 Å². The number of rotatable bonds is 3. The number of thiocarbonyl (C=S) groups is 1. The Morgan fingerprint density at radius 1 is 0.879 bits per heavy atom. The zero-order chi connectivity index (χ0) is 22.9. The summed E-state index contributed by atoms with van der Waals surface area (Å²) in [7, 11) is 0. The first kappa shape index (κ1) is 21.4. The molecule has 0 aliphatic heterocycles. The van der Waals surface area contributed by atoms with Gasteiger partial charge in [0.1, 0.15) is 5.82 Å². The summed E-state index contributed by atoms with van der Waals surface area (Å²) in [5.41, 5.74) is 3.63. The van der Waals surface area contributed by atoms with Crippen LogP contribution in [0.3, 0.4) is 0 Å². The van der Waals surface area contributed by atoms with Crippen LogP contribution in [0.2, 0.25) is 10.0 Å². The van der Waals surface area contributed by atoms with Crippen LogP contribution in [0.1, 0.15) is 10.4 Å². The largest absolute Gasteiger partial charge is 0.338 e. The van der Waals surface area contributed by atoms with E-state index in [4.69, 9.17) is 35.4 Å². The van der Waals surface area contributed by atoms with Gasteiger partial charge in [0.05, 0.1) is 16.1 Å². The molecule has 0 aliphatic rings. The van der Waals surface area contributed by atoms with Crippen molar-refractivity contribution in [1.29, 1.82) is 0 Å². The third-order valence-corrected chi connectivity index (χ3v) is 6.07. The molecule has 0 aliphatic carbocycles. The van der Waals surface area contributed by atoms with Gasteiger partial charge in [-0.05, 0) is 60.1 Å². The predicted octanol–water partition coefficient (Wildman–Crippen LogP) is 6.82. The van der Waals surface area contributed by atoms with Gasteiger partial charge in [0.15, 0.2) is 5.11 Å². The van der Waals surface area contributed by atoms with E-state index >= 15 is 0 Å². The van der Waals surface area contributed by atoms with Gasteiger partial charge in [0.2, 0.25) is 0 Å². The molecule has 162 valence electrons. The molecular formula is C25H16Cl2N4OS. The first-order valence-corrected chi connectivity index (χ1v) is 11.2. The van der Waals surface area contributed by atoms with E-state index < -0.39 is 0 Å². The molecule has 1 heterocycles. The monoisotopic (exact) mass is 490 g/mol. The molecule has 0 unspecified atom stereocenters. The molecular weight excluding hydrogens is 475 g/mol. The Balaban J connectivity index is 1.37. The van der Waals surface area contributed by atoms with Gasteiger partial charge in [-0.2, -0.15) is 0 Å². The van der Waals surface area contributed by atoms with Crippen molar-refractivity contribution in [3.05, 3.63) is 94.5 Å². The molecule has 0 saturated carbocycles. The number of para-hydroxylation sites is 2. The van der Waals surface area contributed by atoms with Crippen LogP contribution in [0.15, 0.2) is 78.9 Å². The van der Waals surface area contributed by atoms with Gasteiger partial charge in [-0.15, -0.1) is 0 Å². The zero-order valence-corrected chi connectivity index (χ0v) is 19.4. The molecule has 8 heteroatoms. The molecule has 5 nitrogen and oxygen atoms in total. The minimum absolute atomic E-state index is 0.164. The van der Waals surface area contributed by atoms with Crippen molar-refractivity contribution >= 4 is 73.9 Å². The Bertz CT molecular complexity index is 1510. The second kappa shape index (κ2) is 8.83. The molecule has 0 fully saturated rings. The lowest BCUT2D eigenvalue weighted by atomic mass is 10.0. The number of aromatic nitrogens is 2. The van der Waals surface area contributed by atoms with Crippen LogP contribution in [-0.4, -0.2) is 21.0 Å². The molecule has 1 amide bonds.